The van der Waals surface area contributed by atoms with Crippen molar-refractivity contribution in [2.75, 3.05) is 0 Å². The molecule has 0 radical (unpaired) electrons. The summed E-state index contributed by atoms with van der Waals surface area (Å²) in [6.45, 7) is 11.2. The Kier molecular flexibility index (Phi) is 4.55. The van der Waals surface area contributed by atoms with Crippen molar-refractivity contribution in [2.45, 2.75) is 64.4 Å². The minimum Gasteiger partial charge on any atom is -0.392 e. The zero-order valence-electron chi connectivity index (χ0n) is 19.3. The molecule has 4 nitrogen and oxygen atoms in total. The van der Waals surface area contributed by atoms with E-state index in [2.05, 4.69) is 63.0 Å². The normalized spacial score (nSPS) is 49.1. The Hall–Kier alpha value is -1.91. The van der Waals surface area contributed by atoms with E-state index in [0.29, 0.717) is 12.3 Å². The standard InChI is InChI=1S/C28H35NO3/c1-14-10-15(2)19-13-22(30)28-24(20(29-27(28)31)12-18-8-6-5-7-9-18)16(3)17(4)26-25(28)23(19)21(11-14)32-26/h5-10,14,16,19-26,30H,4,11-13H2,1-3H3,(H,29,31). The van der Waals surface area contributed by atoms with Gasteiger partial charge in [0.25, 0.3) is 0 Å². The molecule has 3 aliphatic carbocycles. The molecule has 1 aromatic rings. The van der Waals surface area contributed by atoms with Crippen LogP contribution in [0.1, 0.15) is 39.2 Å². The summed E-state index contributed by atoms with van der Waals surface area (Å²) in [4.78, 5) is 13.9. The lowest BCUT2D eigenvalue weighted by Gasteiger charge is -2.57. The van der Waals surface area contributed by atoms with Crippen LogP contribution in [-0.4, -0.2) is 35.4 Å². The van der Waals surface area contributed by atoms with Gasteiger partial charge in [-0.1, -0.05) is 62.4 Å². The lowest BCUT2D eigenvalue weighted by molar-refractivity contribution is -0.166. The minimum atomic E-state index is -0.783. The number of hydrogen-bond donors (Lipinski definition) is 2. The number of rotatable bonds is 2. The number of aliphatic hydroxyl groups is 1. The van der Waals surface area contributed by atoms with Crippen molar-refractivity contribution >= 4 is 5.91 Å². The molecule has 2 heterocycles. The third kappa shape index (κ3) is 2.54. The number of amides is 1. The quantitative estimate of drug-likeness (QED) is 0.696. The summed E-state index contributed by atoms with van der Waals surface area (Å²) in [5.41, 5.74) is 2.93. The molecule has 11 atom stereocenters. The highest BCUT2D eigenvalue weighted by Crippen LogP contribution is 2.68. The number of benzene rings is 1. The summed E-state index contributed by atoms with van der Waals surface area (Å²) in [5, 5.41) is 15.2. The topological polar surface area (TPSA) is 58.6 Å². The van der Waals surface area contributed by atoms with Crippen molar-refractivity contribution in [3.8, 4) is 0 Å². The van der Waals surface area contributed by atoms with Gasteiger partial charge in [-0.2, -0.15) is 0 Å². The molecular formula is C28H35NO3. The summed E-state index contributed by atoms with van der Waals surface area (Å²) in [7, 11) is 0. The highest BCUT2D eigenvalue weighted by molar-refractivity contribution is 5.88. The van der Waals surface area contributed by atoms with Crippen molar-refractivity contribution in [1.29, 1.82) is 0 Å². The molecule has 1 aromatic carbocycles. The molecule has 5 aliphatic rings. The number of allylic oxidation sites excluding steroid dienone is 2. The van der Waals surface area contributed by atoms with Crippen LogP contribution in [0.15, 0.2) is 54.1 Å². The van der Waals surface area contributed by atoms with Gasteiger partial charge in [-0.3, -0.25) is 4.79 Å². The molecular weight excluding hydrogens is 398 g/mol. The summed E-state index contributed by atoms with van der Waals surface area (Å²) < 4.78 is 6.76. The van der Waals surface area contributed by atoms with Gasteiger partial charge in [-0.15, -0.1) is 0 Å². The fraction of sp³-hybridized carbons (Fsp3) is 0.607. The Morgan fingerprint density at radius 2 is 1.94 bits per heavy atom. The average Bonchev–Trinajstić information content (AvgIpc) is 3.22. The van der Waals surface area contributed by atoms with Gasteiger partial charge >= 0.3 is 0 Å². The number of nitrogens with one attached hydrogen (secondary N) is 1. The largest absolute Gasteiger partial charge is 0.392 e. The number of aliphatic hydroxyl groups excluding tert-OH is 1. The molecule has 4 heteroatoms. The SMILES string of the molecule is C=C1C(C)C2C(Cc3ccccc3)NC(=O)C23C(O)CC2C(C)=CC(C)CC4OC1C3C42. The van der Waals surface area contributed by atoms with E-state index in [1.54, 1.807) is 0 Å². The molecule has 6 rings (SSSR count). The molecule has 2 saturated carbocycles. The van der Waals surface area contributed by atoms with Crippen molar-refractivity contribution in [3.63, 3.8) is 0 Å². The monoisotopic (exact) mass is 433 g/mol. The zero-order valence-corrected chi connectivity index (χ0v) is 19.3. The van der Waals surface area contributed by atoms with Gasteiger partial charge in [0.2, 0.25) is 5.91 Å². The fourth-order valence-corrected chi connectivity index (χ4v) is 8.63. The predicted molar refractivity (Wildman–Crippen MR) is 124 cm³/mol. The van der Waals surface area contributed by atoms with Gasteiger partial charge in [0.15, 0.2) is 0 Å². The first-order valence-electron chi connectivity index (χ1n) is 12.4. The van der Waals surface area contributed by atoms with Crippen LogP contribution in [0, 0.1) is 40.9 Å². The molecule has 1 spiro atoms. The first-order valence-corrected chi connectivity index (χ1v) is 12.4. The second kappa shape index (κ2) is 7.04. The van der Waals surface area contributed by atoms with Gasteiger partial charge in [-0.05, 0) is 61.0 Å². The first-order chi connectivity index (χ1) is 15.3. The van der Waals surface area contributed by atoms with Crippen LogP contribution in [0.4, 0.5) is 0 Å². The summed E-state index contributed by atoms with van der Waals surface area (Å²) >= 11 is 0. The third-order valence-corrected chi connectivity index (χ3v) is 9.75. The van der Waals surface area contributed by atoms with Gasteiger partial charge < -0.3 is 15.2 Å². The predicted octanol–water partition coefficient (Wildman–Crippen LogP) is 3.90. The molecule has 170 valence electrons. The lowest BCUT2D eigenvalue weighted by Crippen LogP contribution is -2.64. The second-order valence-corrected chi connectivity index (χ2v) is 11.3. The van der Waals surface area contributed by atoms with Crippen molar-refractivity contribution in [1.82, 2.24) is 5.32 Å². The van der Waals surface area contributed by atoms with E-state index in [9.17, 15) is 9.90 Å². The highest BCUT2D eigenvalue weighted by Gasteiger charge is 2.75. The van der Waals surface area contributed by atoms with E-state index in [0.717, 1.165) is 18.4 Å². The van der Waals surface area contributed by atoms with Crippen LogP contribution in [0.5, 0.6) is 0 Å². The van der Waals surface area contributed by atoms with Crippen LogP contribution in [0.25, 0.3) is 0 Å². The average molecular weight is 434 g/mol. The van der Waals surface area contributed by atoms with E-state index in [4.69, 9.17) is 4.74 Å². The molecule has 0 aromatic heterocycles. The third-order valence-electron chi connectivity index (χ3n) is 9.75. The van der Waals surface area contributed by atoms with E-state index in [-0.39, 0.29) is 53.7 Å². The second-order valence-electron chi connectivity index (χ2n) is 11.3. The van der Waals surface area contributed by atoms with Crippen molar-refractivity contribution in [2.24, 2.45) is 40.9 Å². The van der Waals surface area contributed by atoms with Crippen LogP contribution < -0.4 is 5.32 Å². The van der Waals surface area contributed by atoms with Crippen LogP contribution >= 0.6 is 0 Å². The number of hydrogen-bond acceptors (Lipinski definition) is 3. The molecule has 0 bridgehead atoms. The van der Waals surface area contributed by atoms with Crippen LogP contribution in [0.2, 0.25) is 0 Å². The van der Waals surface area contributed by atoms with Gasteiger partial charge in [0.1, 0.15) is 0 Å². The van der Waals surface area contributed by atoms with Crippen molar-refractivity contribution in [3.05, 3.63) is 59.7 Å². The fourth-order valence-electron chi connectivity index (χ4n) is 8.63. The van der Waals surface area contributed by atoms with Gasteiger partial charge in [-0.25, -0.2) is 0 Å². The smallest absolute Gasteiger partial charge is 0.229 e. The maximum atomic E-state index is 13.9. The first kappa shape index (κ1) is 20.7. The van der Waals surface area contributed by atoms with E-state index in [1.165, 1.54) is 11.1 Å². The van der Waals surface area contributed by atoms with Gasteiger partial charge in [0.05, 0.1) is 23.7 Å². The Bertz CT molecular complexity index is 986. The lowest BCUT2D eigenvalue weighted by atomic mass is 9.44. The molecule has 4 fully saturated rings. The Balaban J connectivity index is 1.47. The maximum Gasteiger partial charge on any atom is 0.229 e. The number of ether oxygens (including phenoxy) is 1. The molecule has 1 amide bonds. The maximum absolute atomic E-state index is 13.9. The molecule has 2 saturated heterocycles. The van der Waals surface area contributed by atoms with E-state index < -0.39 is 11.5 Å². The summed E-state index contributed by atoms with van der Waals surface area (Å²) in [6, 6.07) is 10.4. The zero-order chi connectivity index (χ0) is 22.4. The Morgan fingerprint density at radius 1 is 1.19 bits per heavy atom. The summed E-state index contributed by atoms with van der Waals surface area (Å²) in [6.07, 6.45) is 4.14. The summed E-state index contributed by atoms with van der Waals surface area (Å²) in [5.74, 6) is 1.21. The Morgan fingerprint density at radius 3 is 2.69 bits per heavy atom. The molecule has 2 aliphatic heterocycles. The number of carbonyl (C=O) groups excluding carboxylic acids is 1. The van der Waals surface area contributed by atoms with E-state index in [1.807, 2.05) is 6.07 Å². The Labute approximate surface area is 191 Å². The number of carbonyl (C=O) groups is 1. The minimum absolute atomic E-state index is 0.00388. The van der Waals surface area contributed by atoms with Crippen LogP contribution in [0.3, 0.4) is 0 Å². The molecule has 11 unspecified atom stereocenters. The van der Waals surface area contributed by atoms with Crippen molar-refractivity contribution < 1.29 is 14.6 Å². The van der Waals surface area contributed by atoms with Gasteiger partial charge in [0, 0.05) is 17.9 Å². The molecule has 2 N–H and O–H groups in total. The van der Waals surface area contributed by atoms with Crippen LogP contribution in [-0.2, 0) is 16.0 Å². The molecule has 32 heavy (non-hydrogen) atoms. The highest BCUT2D eigenvalue weighted by atomic mass is 16.5. The van der Waals surface area contributed by atoms with E-state index >= 15 is 0 Å².